The van der Waals surface area contributed by atoms with E-state index in [0.717, 1.165) is 17.2 Å². The second-order valence-corrected chi connectivity index (χ2v) is 6.44. The standard InChI is InChI=1S/C19H17N3O5/c1-11-12(2)18(19(23)17(11)13-6-4-3-5-7-13)20-15-9-8-14(21(24)25)10-16(15)22(26)27/h3-11,17,20H,1-2H3. The van der Waals surface area contributed by atoms with E-state index in [1.165, 1.54) is 12.1 Å². The first kappa shape index (κ1) is 18.2. The molecule has 27 heavy (non-hydrogen) atoms. The van der Waals surface area contributed by atoms with Gasteiger partial charge in [0.1, 0.15) is 5.69 Å². The summed E-state index contributed by atoms with van der Waals surface area (Å²) in [6, 6.07) is 12.7. The number of carbonyl (C=O) groups excluding carboxylic acids is 1. The van der Waals surface area contributed by atoms with E-state index >= 15 is 0 Å². The fraction of sp³-hybridized carbons (Fsp3) is 0.211. The van der Waals surface area contributed by atoms with E-state index < -0.39 is 15.5 Å². The molecular formula is C19H17N3O5. The van der Waals surface area contributed by atoms with Crippen molar-refractivity contribution in [2.24, 2.45) is 5.92 Å². The third kappa shape index (κ3) is 3.29. The highest BCUT2D eigenvalue weighted by atomic mass is 16.6. The first-order valence-corrected chi connectivity index (χ1v) is 8.31. The lowest BCUT2D eigenvalue weighted by molar-refractivity contribution is -0.393. The molecular weight excluding hydrogens is 350 g/mol. The predicted molar refractivity (Wildman–Crippen MR) is 99.4 cm³/mol. The van der Waals surface area contributed by atoms with Crippen LogP contribution in [0.5, 0.6) is 0 Å². The van der Waals surface area contributed by atoms with Crippen molar-refractivity contribution in [1.29, 1.82) is 0 Å². The second-order valence-electron chi connectivity index (χ2n) is 6.44. The lowest BCUT2D eigenvalue weighted by Crippen LogP contribution is -2.16. The van der Waals surface area contributed by atoms with Crippen LogP contribution in [-0.2, 0) is 4.79 Å². The third-order valence-corrected chi connectivity index (χ3v) is 4.91. The van der Waals surface area contributed by atoms with Gasteiger partial charge in [-0.1, -0.05) is 37.3 Å². The van der Waals surface area contributed by atoms with Gasteiger partial charge in [-0.3, -0.25) is 25.0 Å². The number of Topliss-reactive ketones (excluding diaryl/α,β-unsaturated/α-hetero) is 1. The number of benzene rings is 2. The Morgan fingerprint density at radius 2 is 1.67 bits per heavy atom. The average molecular weight is 367 g/mol. The van der Waals surface area contributed by atoms with Gasteiger partial charge in [0, 0.05) is 6.07 Å². The first-order chi connectivity index (χ1) is 12.8. The minimum atomic E-state index is -0.706. The normalized spacial score (nSPS) is 19.3. The van der Waals surface area contributed by atoms with Crippen LogP contribution in [0.2, 0.25) is 0 Å². The lowest BCUT2D eigenvalue weighted by Gasteiger charge is -2.15. The maximum Gasteiger partial charge on any atom is 0.299 e. The molecule has 1 aliphatic rings. The molecule has 1 aliphatic carbocycles. The highest BCUT2D eigenvalue weighted by Gasteiger charge is 2.39. The largest absolute Gasteiger partial charge is 0.347 e. The van der Waals surface area contributed by atoms with Crippen LogP contribution in [0.15, 0.2) is 59.8 Å². The number of hydrogen-bond donors (Lipinski definition) is 1. The number of rotatable bonds is 5. The SMILES string of the molecule is CC1=C(Nc2ccc([N+](=O)[O-])cc2[N+](=O)[O-])C(=O)C(c2ccccc2)C1C. The number of ketones is 1. The van der Waals surface area contributed by atoms with Crippen molar-refractivity contribution in [3.8, 4) is 0 Å². The third-order valence-electron chi connectivity index (χ3n) is 4.91. The Labute approximate surface area is 154 Å². The van der Waals surface area contributed by atoms with Crippen molar-refractivity contribution in [2.45, 2.75) is 19.8 Å². The number of allylic oxidation sites excluding steroid dienone is 2. The van der Waals surface area contributed by atoms with Crippen molar-refractivity contribution in [3.63, 3.8) is 0 Å². The summed E-state index contributed by atoms with van der Waals surface area (Å²) in [5.41, 5.74) is 1.19. The number of anilines is 1. The molecule has 0 aliphatic heterocycles. The van der Waals surface area contributed by atoms with Gasteiger partial charge in [-0.15, -0.1) is 0 Å². The van der Waals surface area contributed by atoms with Crippen molar-refractivity contribution in [1.82, 2.24) is 0 Å². The van der Waals surface area contributed by atoms with Gasteiger partial charge in [-0.2, -0.15) is 0 Å². The molecule has 2 atom stereocenters. The summed E-state index contributed by atoms with van der Waals surface area (Å²) in [5, 5.41) is 25.1. The molecule has 138 valence electrons. The summed E-state index contributed by atoms with van der Waals surface area (Å²) in [5.74, 6) is -0.593. The summed E-state index contributed by atoms with van der Waals surface area (Å²) < 4.78 is 0. The van der Waals surface area contributed by atoms with Gasteiger partial charge in [-0.05, 0) is 30.0 Å². The van der Waals surface area contributed by atoms with Crippen LogP contribution < -0.4 is 5.32 Å². The number of nitro groups is 2. The van der Waals surface area contributed by atoms with Gasteiger partial charge in [0.2, 0.25) is 0 Å². The van der Waals surface area contributed by atoms with Crippen LogP contribution in [0.25, 0.3) is 0 Å². The van der Waals surface area contributed by atoms with E-state index in [1.807, 2.05) is 44.2 Å². The van der Waals surface area contributed by atoms with E-state index in [2.05, 4.69) is 5.32 Å². The minimum absolute atomic E-state index is 0.0502. The topological polar surface area (TPSA) is 115 Å². The van der Waals surface area contributed by atoms with E-state index in [-0.39, 0.29) is 29.0 Å². The van der Waals surface area contributed by atoms with Gasteiger partial charge in [-0.25, -0.2) is 0 Å². The first-order valence-electron chi connectivity index (χ1n) is 8.31. The van der Waals surface area contributed by atoms with E-state index in [9.17, 15) is 25.0 Å². The number of non-ortho nitro benzene ring substituents is 1. The molecule has 0 amide bonds. The molecule has 2 aromatic rings. The molecule has 0 fully saturated rings. The van der Waals surface area contributed by atoms with E-state index in [1.54, 1.807) is 0 Å². The molecule has 2 aromatic carbocycles. The molecule has 0 saturated heterocycles. The van der Waals surface area contributed by atoms with Crippen LogP contribution in [0.1, 0.15) is 25.3 Å². The Balaban J connectivity index is 1.97. The monoisotopic (exact) mass is 367 g/mol. The van der Waals surface area contributed by atoms with Gasteiger partial charge in [0.15, 0.2) is 5.78 Å². The van der Waals surface area contributed by atoms with Crippen LogP contribution in [0.3, 0.4) is 0 Å². The van der Waals surface area contributed by atoms with Crippen LogP contribution in [0.4, 0.5) is 17.1 Å². The summed E-state index contributed by atoms with van der Waals surface area (Å²) in [6.07, 6.45) is 0. The van der Waals surface area contributed by atoms with E-state index in [4.69, 9.17) is 0 Å². The molecule has 8 nitrogen and oxygen atoms in total. The number of nitro benzene ring substituents is 2. The molecule has 0 aromatic heterocycles. The zero-order chi connectivity index (χ0) is 19.7. The molecule has 0 radical (unpaired) electrons. The number of nitrogens with one attached hydrogen (secondary N) is 1. The highest BCUT2D eigenvalue weighted by molar-refractivity contribution is 6.06. The van der Waals surface area contributed by atoms with Crippen molar-refractivity contribution in [2.75, 3.05) is 5.32 Å². The Morgan fingerprint density at radius 1 is 1.00 bits per heavy atom. The average Bonchev–Trinajstić information content (AvgIpc) is 2.85. The fourth-order valence-electron chi connectivity index (χ4n) is 3.34. The Kier molecular flexibility index (Phi) is 4.72. The van der Waals surface area contributed by atoms with Crippen molar-refractivity contribution in [3.05, 3.63) is 85.6 Å². The molecule has 0 spiro atoms. The second kappa shape index (κ2) is 6.99. The molecule has 0 saturated carbocycles. The zero-order valence-electron chi connectivity index (χ0n) is 14.7. The maximum atomic E-state index is 13.0. The molecule has 2 unspecified atom stereocenters. The van der Waals surface area contributed by atoms with Gasteiger partial charge < -0.3 is 5.32 Å². The molecule has 0 heterocycles. The summed E-state index contributed by atoms with van der Waals surface area (Å²) in [7, 11) is 0. The predicted octanol–water partition coefficient (Wildman–Crippen LogP) is 4.19. The van der Waals surface area contributed by atoms with Gasteiger partial charge >= 0.3 is 0 Å². The van der Waals surface area contributed by atoms with Gasteiger partial charge in [0.25, 0.3) is 11.4 Å². The summed E-state index contributed by atoms with van der Waals surface area (Å²) in [4.78, 5) is 33.8. The van der Waals surface area contributed by atoms with Crippen molar-refractivity contribution < 1.29 is 14.6 Å². The van der Waals surface area contributed by atoms with Crippen LogP contribution >= 0.6 is 0 Å². The quantitative estimate of drug-likeness (QED) is 0.626. The Morgan fingerprint density at radius 3 is 2.26 bits per heavy atom. The molecule has 8 heteroatoms. The van der Waals surface area contributed by atoms with Gasteiger partial charge in [0.05, 0.1) is 27.5 Å². The number of nitrogens with zero attached hydrogens (tertiary/aromatic N) is 2. The highest BCUT2D eigenvalue weighted by Crippen LogP contribution is 2.42. The lowest BCUT2D eigenvalue weighted by atomic mass is 9.87. The molecule has 3 rings (SSSR count). The summed E-state index contributed by atoms with van der Waals surface area (Å²) in [6.45, 7) is 3.74. The van der Waals surface area contributed by atoms with Crippen LogP contribution in [0, 0.1) is 26.1 Å². The molecule has 1 N–H and O–H groups in total. The Hall–Kier alpha value is -3.55. The fourth-order valence-corrected chi connectivity index (χ4v) is 3.34. The minimum Gasteiger partial charge on any atom is -0.347 e. The molecule has 0 bridgehead atoms. The van der Waals surface area contributed by atoms with Crippen LogP contribution in [-0.4, -0.2) is 15.6 Å². The Bertz CT molecular complexity index is 969. The summed E-state index contributed by atoms with van der Waals surface area (Å²) >= 11 is 0. The van der Waals surface area contributed by atoms with E-state index in [0.29, 0.717) is 5.70 Å². The zero-order valence-corrected chi connectivity index (χ0v) is 14.7. The van der Waals surface area contributed by atoms with Crippen molar-refractivity contribution >= 4 is 22.8 Å². The maximum absolute atomic E-state index is 13.0. The number of hydrogen-bond acceptors (Lipinski definition) is 6. The number of carbonyl (C=O) groups is 1. The smallest absolute Gasteiger partial charge is 0.299 e.